The molecule has 0 amide bonds. The Hall–Kier alpha value is -1.22. The Kier molecular flexibility index (Phi) is 6.06. The van der Waals surface area contributed by atoms with E-state index >= 15 is 0 Å². The fourth-order valence-electron chi connectivity index (χ4n) is 3.32. The van der Waals surface area contributed by atoms with Gasteiger partial charge in [-0.3, -0.25) is 4.79 Å². The van der Waals surface area contributed by atoms with Crippen molar-refractivity contribution in [1.29, 1.82) is 0 Å². The minimum absolute atomic E-state index is 0.0127. The van der Waals surface area contributed by atoms with Crippen molar-refractivity contribution in [3.63, 3.8) is 0 Å². The lowest BCUT2D eigenvalue weighted by Crippen LogP contribution is -2.29. The molecule has 1 fully saturated rings. The summed E-state index contributed by atoms with van der Waals surface area (Å²) in [5, 5.41) is 4.62. The van der Waals surface area contributed by atoms with E-state index < -0.39 is 15.4 Å². The van der Waals surface area contributed by atoms with E-state index in [1.807, 2.05) is 39.0 Å². The highest BCUT2D eigenvalue weighted by Crippen LogP contribution is 2.30. The Morgan fingerprint density at radius 2 is 2.04 bits per heavy atom. The first-order valence-electron chi connectivity index (χ1n) is 9.28. The van der Waals surface area contributed by atoms with Gasteiger partial charge < -0.3 is 0 Å². The van der Waals surface area contributed by atoms with Gasteiger partial charge in [0, 0.05) is 35.0 Å². The van der Waals surface area contributed by atoms with Crippen LogP contribution in [-0.2, 0) is 22.9 Å². The number of aromatic nitrogens is 2. The number of nitrogens with zero attached hydrogens (tertiary/aromatic N) is 3. The highest BCUT2D eigenvalue weighted by atomic mass is 35.5. The van der Waals surface area contributed by atoms with Crippen molar-refractivity contribution in [2.24, 2.45) is 5.41 Å². The zero-order chi connectivity index (χ0) is 20.7. The zero-order valence-electron chi connectivity index (χ0n) is 16.6. The van der Waals surface area contributed by atoms with E-state index in [0.29, 0.717) is 25.9 Å². The second kappa shape index (κ2) is 7.89. The number of sulfonamides is 1. The van der Waals surface area contributed by atoms with Gasteiger partial charge >= 0.3 is 0 Å². The maximum Gasteiger partial charge on any atom is 0.252 e. The summed E-state index contributed by atoms with van der Waals surface area (Å²) in [5.74, 6) is -0.0467. The summed E-state index contributed by atoms with van der Waals surface area (Å²) in [4.78, 5) is 14.1. The smallest absolute Gasteiger partial charge is 0.252 e. The minimum Gasteiger partial charge on any atom is -0.272 e. The molecule has 1 saturated heterocycles. The summed E-state index contributed by atoms with van der Waals surface area (Å²) in [5.41, 5.74) is 1.10. The van der Waals surface area contributed by atoms with Crippen LogP contribution >= 0.6 is 22.9 Å². The van der Waals surface area contributed by atoms with Crippen molar-refractivity contribution in [3.05, 3.63) is 38.8 Å². The molecular formula is C19H26ClN3O3S2. The number of carbonyl (C=O) groups is 1. The number of halogens is 1. The van der Waals surface area contributed by atoms with Crippen LogP contribution in [0.15, 0.2) is 18.2 Å². The van der Waals surface area contributed by atoms with Crippen LogP contribution in [0.4, 0.5) is 0 Å². The molecule has 1 aliphatic rings. The molecule has 0 saturated carbocycles. The van der Waals surface area contributed by atoms with Crippen molar-refractivity contribution in [2.75, 3.05) is 19.3 Å². The first-order valence-corrected chi connectivity index (χ1v) is 12.3. The SMILES string of the molecule is CC(C)(C)C(=O)n1nc(C2CCN(S(C)(=O)=O)C2)cc1CCc1ccc(Cl)s1. The van der Waals surface area contributed by atoms with Gasteiger partial charge in [0.2, 0.25) is 10.0 Å². The molecule has 1 atom stereocenters. The van der Waals surface area contributed by atoms with E-state index in [1.165, 1.54) is 26.6 Å². The van der Waals surface area contributed by atoms with E-state index in [0.717, 1.165) is 27.0 Å². The van der Waals surface area contributed by atoms with E-state index in [-0.39, 0.29) is 11.8 Å². The Morgan fingerprint density at radius 1 is 1.32 bits per heavy atom. The molecule has 2 aromatic rings. The first kappa shape index (κ1) is 21.5. The summed E-state index contributed by atoms with van der Waals surface area (Å²) >= 11 is 7.56. The molecule has 9 heteroatoms. The highest BCUT2D eigenvalue weighted by Gasteiger charge is 2.33. The predicted molar refractivity (Wildman–Crippen MR) is 113 cm³/mol. The quantitative estimate of drug-likeness (QED) is 0.704. The molecule has 2 aromatic heterocycles. The average Bonchev–Trinajstić information content (AvgIpc) is 3.29. The van der Waals surface area contributed by atoms with Crippen molar-refractivity contribution < 1.29 is 13.2 Å². The van der Waals surface area contributed by atoms with E-state index in [1.54, 1.807) is 0 Å². The standard InChI is InChI=1S/C19H26ClN3O3S2/c1-19(2,3)18(24)23-14(5-6-15-7-8-17(20)27-15)11-16(21-23)13-9-10-22(12-13)28(4,25)26/h7-8,11,13H,5-6,9-10,12H2,1-4H3. The number of hydrogen-bond donors (Lipinski definition) is 0. The zero-order valence-corrected chi connectivity index (χ0v) is 19.0. The van der Waals surface area contributed by atoms with Crippen LogP contribution in [0.5, 0.6) is 0 Å². The van der Waals surface area contributed by atoms with Gasteiger partial charge in [-0.2, -0.15) is 5.10 Å². The van der Waals surface area contributed by atoms with Gasteiger partial charge in [-0.25, -0.2) is 17.4 Å². The third-order valence-electron chi connectivity index (χ3n) is 4.93. The van der Waals surface area contributed by atoms with Crippen LogP contribution in [-0.4, -0.2) is 47.8 Å². The van der Waals surface area contributed by atoms with E-state index in [2.05, 4.69) is 5.10 Å². The molecule has 6 nitrogen and oxygen atoms in total. The number of hydrogen-bond acceptors (Lipinski definition) is 5. The Balaban J connectivity index is 1.86. The maximum atomic E-state index is 12.9. The number of carbonyl (C=O) groups excluding carboxylic acids is 1. The summed E-state index contributed by atoms with van der Waals surface area (Å²) in [6, 6.07) is 5.85. The predicted octanol–water partition coefficient (Wildman–Crippen LogP) is 3.82. The second-order valence-corrected chi connectivity index (χ2v) is 12.1. The fourth-order valence-corrected chi connectivity index (χ4v) is 5.29. The maximum absolute atomic E-state index is 12.9. The van der Waals surface area contributed by atoms with Crippen LogP contribution in [0.3, 0.4) is 0 Å². The molecule has 0 aromatic carbocycles. The van der Waals surface area contributed by atoms with Crippen molar-refractivity contribution in [2.45, 2.75) is 46.0 Å². The van der Waals surface area contributed by atoms with Crippen LogP contribution in [0.1, 0.15) is 54.2 Å². The minimum atomic E-state index is -3.21. The lowest BCUT2D eigenvalue weighted by Gasteiger charge is -2.18. The van der Waals surface area contributed by atoms with Gasteiger partial charge in [-0.15, -0.1) is 11.3 Å². The highest BCUT2D eigenvalue weighted by molar-refractivity contribution is 7.88. The first-order chi connectivity index (χ1) is 12.9. The molecule has 0 N–H and O–H groups in total. The van der Waals surface area contributed by atoms with Gasteiger partial charge in [0.05, 0.1) is 16.3 Å². The normalized spacial score (nSPS) is 18.7. The molecule has 3 heterocycles. The molecule has 0 bridgehead atoms. The van der Waals surface area contributed by atoms with E-state index in [9.17, 15) is 13.2 Å². The summed E-state index contributed by atoms with van der Waals surface area (Å²) in [7, 11) is -3.21. The summed E-state index contributed by atoms with van der Waals surface area (Å²) in [6.45, 7) is 6.54. The molecule has 0 radical (unpaired) electrons. The van der Waals surface area contributed by atoms with Gasteiger partial charge in [0.25, 0.3) is 5.91 Å². The lowest BCUT2D eigenvalue weighted by atomic mass is 9.95. The molecule has 0 aliphatic carbocycles. The fraction of sp³-hybridized carbons (Fsp3) is 0.579. The number of aryl methyl sites for hydroxylation is 2. The van der Waals surface area contributed by atoms with Gasteiger partial charge in [-0.05, 0) is 37.5 Å². The molecule has 28 heavy (non-hydrogen) atoms. The Morgan fingerprint density at radius 3 is 2.57 bits per heavy atom. The third-order valence-corrected chi connectivity index (χ3v) is 7.49. The lowest BCUT2D eigenvalue weighted by molar-refractivity contribution is 0.0744. The third kappa shape index (κ3) is 4.84. The van der Waals surface area contributed by atoms with Crippen molar-refractivity contribution >= 4 is 38.9 Å². The largest absolute Gasteiger partial charge is 0.272 e. The van der Waals surface area contributed by atoms with Crippen LogP contribution in [0.25, 0.3) is 0 Å². The summed E-state index contributed by atoms with van der Waals surface area (Å²) in [6.07, 6.45) is 3.40. The Labute approximate surface area is 175 Å². The number of rotatable bonds is 5. The molecular weight excluding hydrogens is 418 g/mol. The monoisotopic (exact) mass is 443 g/mol. The molecule has 154 valence electrons. The molecule has 0 spiro atoms. The van der Waals surface area contributed by atoms with Crippen molar-refractivity contribution in [3.8, 4) is 0 Å². The van der Waals surface area contributed by atoms with Gasteiger partial charge in [0.15, 0.2) is 0 Å². The molecule has 1 unspecified atom stereocenters. The summed E-state index contributed by atoms with van der Waals surface area (Å²) < 4.78 is 27.4. The van der Waals surface area contributed by atoms with Crippen LogP contribution in [0.2, 0.25) is 4.34 Å². The Bertz CT molecular complexity index is 973. The van der Waals surface area contributed by atoms with Crippen molar-refractivity contribution in [1.82, 2.24) is 14.1 Å². The van der Waals surface area contributed by atoms with Crippen LogP contribution in [0, 0.1) is 5.41 Å². The average molecular weight is 444 g/mol. The van der Waals surface area contributed by atoms with E-state index in [4.69, 9.17) is 11.6 Å². The molecule has 3 rings (SSSR count). The topological polar surface area (TPSA) is 72.3 Å². The molecule has 1 aliphatic heterocycles. The van der Waals surface area contributed by atoms with Gasteiger partial charge in [-0.1, -0.05) is 32.4 Å². The van der Waals surface area contributed by atoms with Crippen LogP contribution < -0.4 is 0 Å². The number of thiophene rings is 1. The second-order valence-electron chi connectivity index (χ2n) is 8.34. The van der Waals surface area contributed by atoms with Gasteiger partial charge in [0.1, 0.15) is 0 Å².